The Hall–Kier alpha value is -11.6. The van der Waals surface area contributed by atoms with Crippen LogP contribution in [0, 0.1) is 97.1 Å². The largest absolute Gasteiger partial charge is 0.0654 e. The maximum Gasteiger partial charge on any atom is 0.0425 e. The van der Waals surface area contributed by atoms with Crippen molar-refractivity contribution in [2.24, 2.45) is 0 Å². The van der Waals surface area contributed by atoms with Gasteiger partial charge >= 0.3 is 0 Å². The Morgan fingerprint density at radius 1 is 0.127 bits per heavy atom. The number of unbranched alkanes of at least 4 members (excludes halogenated alkanes) is 56. The molecule has 9 aromatic rings. The fourth-order valence-corrected chi connectivity index (χ4v) is 21.3. The summed E-state index contributed by atoms with van der Waals surface area (Å²) < 4.78 is 0. The molecule has 0 nitrogen and oxygen atoms in total. The van der Waals surface area contributed by atoms with E-state index >= 15 is 0 Å². The number of hydrogen-bond donors (Lipinski definition) is 0. The van der Waals surface area contributed by atoms with Crippen molar-refractivity contribution >= 4 is 99.0 Å². The van der Waals surface area contributed by atoms with Gasteiger partial charge in [0.1, 0.15) is 0 Å². The second-order valence-electron chi connectivity index (χ2n) is 43.4. The first-order chi connectivity index (χ1) is 74.2. The number of hydrogen-bond acceptors (Lipinski definition) is 0. The Labute approximate surface area is 914 Å². The summed E-state index contributed by atoms with van der Waals surface area (Å²) in [6.07, 6.45) is 89.6. The third-order valence-corrected chi connectivity index (χ3v) is 30.6. The molecule has 0 saturated heterocycles. The lowest BCUT2D eigenvalue weighted by Gasteiger charge is -2.11. The van der Waals surface area contributed by atoms with Gasteiger partial charge in [-0.3, -0.25) is 0 Å². The molecule has 0 atom stereocenters. The van der Waals surface area contributed by atoms with E-state index in [4.69, 9.17) is 0 Å². The second kappa shape index (κ2) is 76.8. The van der Waals surface area contributed by atoms with Gasteiger partial charge in [0.25, 0.3) is 0 Å². The Morgan fingerprint density at radius 2 is 0.247 bits per heavy atom. The van der Waals surface area contributed by atoms with E-state index < -0.39 is 0 Å². The van der Waals surface area contributed by atoms with Crippen LogP contribution < -0.4 is 31.3 Å². The quantitative estimate of drug-likeness (QED) is 0.0263. The minimum Gasteiger partial charge on any atom is -0.0654 e. The van der Waals surface area contributed by atoms with Crippen molar-refractivity contribution in [3.63, 3.8) is 0 Å². The van der Waals surface area contributed by atoms with Crippen LogP contribution in [0.3, 0.4) is 0 Å². The van der Waals surface area contributed by atoms with Crippen LogP contribution in [0.15, 0.2) is 131 Å². The third kappa shape index (κ3) is 47.1. The van der Waals surface area contributed by atoms with Crippen molar-refractivity contribution in [2.75, 3.05) is 0 Å². The maximum atomic E-state index is 3.81. The molecule has 0 aliphatic heterocycles. The molecule has 0 heterocycles. The summed E-state index contributed by atoms with van der Waals surface area (Å²) in [5.74, 6) is 0. The first-order valence-electron chi connectivity index (χ1n) is 61.5. The van der Waals surface area contributed by atoms with E-state index in [1.54, 1.807) is 0 Å². The highest BCUT2D eigenvalue weighted by Crippen LogP contribution is 2.30. The van der Waals surface area contributed by atoms with Gasteiger partial charge in [-0.05, 0) is 291 Å². The van der Waals surface area contributed by atoms with E-state index in [1.807, 2.05) is 24.3 Å². The van der Waals surface area contributed by atoms with Crippen molar-refractivity contribution in [3.8, 4) is 0 Å². The molecule has 784 valence electrons. The molecule has 0 N–H and O–H groups in total. The molecule has 1 aliphatic rings. The Morgan fingerprint density at radius 3 is 0.393 bits per heavy atom. The molecule has 0 saturated carbocycles. The topological polar surface area (TPSA) is 0 Å². The van der Waals surface area contributed by atoms with Crippen LogP contribution in [-0.4, -0.2) is 0 Å². The van der Waals surface area contributed by atoms with E-state index in [0.717, 1.165) is 178 Å². The molecule has 1 aliphatic carbocycles. The van der Waals surface area contributed by atoms with Gasteiger partial charge < -0.3 is 0 Å². The lowest BCUT2D eigenvalue weighted by molar-refractivity contribution is 0.571. The zero-order valence-corrected chi connectivity index (χ0v) is 95.1. The second-order valence-corrected chi connectivity index (χ2v) is 43.4. The maximum absolute atomic E-state index is 3.81. The minimum absolute atomic E-state index is 0.670. The van der Waals surface area contributed by atoms with Crippen molar-refractivity contribution in [1.82, 2.24) is 0 Å². The first-order valence-corrected chi connectivity index (χ1v) is 61.5. The molecule has 0 heteroatoms. The van der Waals surface area contributed by atoms with Crippen molar-refractivity contribution in [3.05, 3.63) is 304 Å². The summed E-state index contributed by atoms with van der Waals surface area (Å²) in [4.78, 5) is 0. The number of rotatable bonds is 72. The highest BCUT2D eigenvalue weighted by atomic mass is 14.2. The average molecular weight is 1990 g/mol. The zero-order chi connectivity index (χ0) is 105. The molecule has 0 unspecified atom stereocenters. The van der Waals surface area contributed by atoms with Gasteiger partial charge in [0, 0.05) is 95.9 Å². The van der Waals surface area contributed by atoms with Gasteiger partial charge in [0.15, 0.2) is 0 Å². The van der Waals surface area contributed by atoms with Crippen LogP contribution in [-0.2, 0) is 51.4 Å². The predicted octanol–water partition coefficient (Wildman–Crippen LogP) is 38.7. The van der Waals surface area contributed by atoms with Crippen molar-refractivity contribution < 1.29 is 0 Å². The Kier molecular flexibility index (Phi) is 61.6. The number of aryl methyl sites for hydroxylation is 8. The highest BCUT2D eigenvalue weighted by Gasteiger charge is 2.14. The van der Waals surface area contributed by atoms with Gasteiger partial charge in [-0.1, -0.05) is 534 Å². The van der Waals surface area contributed by atoms with Crippen LogP contribution in [0.2, 0.25) is 0 Å². The summed E-state index contributed by atoms with van der Waals surface area (Å²) in [7, 11) is 0. The van der Waals surface area contributed by atoms with E-state index in [9.17, 15) is 0 Å². The molecule has 150 heavy (non-hydrogen) atoms. The van der Waals surface area contributed by atoms with Crippen molar-refractivity contribution in [2.45, 2.75) is 518 Å². The number of benzene rings is 7. The predicted molar refractivity (Wildman–Crippen MR) is 646 cm³/mol. The van der Waals surface area contributed by atoms with Crippen LogP contribution in [0.4, 0.5) is 0 Å². The number of fused-ring (bicyclic) bond motifs is 9. The van der Waals surface area contributed by atoms with Gasteiger partial charge in [0.05, 0.1) is 0 Å². The molecule has 0 radical (unpaired) electrons. The lowest BCUT2D eigenvalue weighted by atomic mass is 9.94. The summed E-state index contributed by atoms with van der Waals surface area (Å²) in [6.45, 7) is 18.5. The van der Waals surface area contributed by atoms with E-state index in [1.165, 1.54) is 404 Å². The fraction of sp³-hybridized carbons (Fsp3) is 0.533. The Balaban J connectivity index is 1.29. The van der Waals surface area contributed by atoms with Gasteiger partial charge in [-0.15, -0.1) is 0 Å². The average Bonchev–Trinajstić information content (AvgIpc) is 0.802. The molecule has 0 bridgehead atoms. The summed E-state index contributed by atoms with van der Waals surface area (Å²) in [6, 6.07) is 94.5. The first kappa shape index (κ1) is 120. The smallest absolute Gasteiger partial charge is 0.0425 e. The molecule has 9 aromatic carbocycles. The van der Waals surface area contributed by atoms with Crippen molar-refractivity contribution in [1.29, 1.82) is 0 Å². The zero-order valence-electron chi connectivity index (χ0n) is 95.1. The van der Waals surface area contributed by atoms with Gasteiger partial charge in [-0.25, -0.2) is 0 Å². The highest BCUT2D eigenvalue weighted by molar-refractivity contribution is 5.87. The van der Waals surface area contributed by atoms with E-state index in [0.29, 0.717) is 20.9 Å². The van der Waals surface area contributed by atoms with Crippen LogP contribution >= 0.6 is 0 Å². The normalized spacial score (nSPS) is 11.0. The summed E-state index contributed by atoms with van der Waals surface area (Å²) >= 11 is 0. The SMILES string of the molecule is CCCCCCCCCCc1cc2c#cc#cc3cc(CCCCCCCCCC)c(CCCCCCCCCC)cc3c#cc3cc4c(cc3c#cc2cc1CCCCCCCCCC)=C=C=C=C=c1ccccc1=C=C=C=C=c1cc2c#cc3cc(CCCCCCCCCC)c(CCCCCCCCCC)cc3c#cc#cc3cc(CCCCCCCCCC)c(CCCCCCCCCC)cc3c#cc2cc1=C=C=C=C=4. The van der Waals surface area contributed by atoms with Crippen LogP contribution in [0.1, 0.15) is 511 Å². The standard InChI is InChI=1S/C150H184/c1-9-17-25-33-41-49-57-65-89-127-113-139-101-81-83-103-141-115-129(91-67-59-51-43-35-27-19-11-3)133(95-71-63-55-47-39-31-23-15-7)119-145(141)107-111-149-123-137-99-79-80-100-138-124-150-112-108-146-120-134(96-72-64-56-48-40-32-24-16-8)130(92-68-60-52-44-36-28-20-12-4)116-142(146)104-84-82-102-140-114-128(90-66-58-50-42-34-26-18-10-2)132(94-70-62-54-46-38-30-22-14-6)118-144(140)106-110-148(150)122-136(138)98-78-76-88-126-86-74-73-85-125(126)87-75-77-97-135(137)121-147(149)109-105-143(139)117-131(127)93-69-61-53-45-37-29-21-13-5/h73-74,85-86,113-124H,9-72,89-96H2,1-8H3. The van der Waals surface area contributed by atoms with Crippen LogP contribution in [0.25, 0.3) is 99.0 Å². The minimum atomic E-state index is 0.670. The summed E-state index contributed by atoms with van der Waals surface area (Å²) in [5.41, 5.74) is 52.2. The molecular weight excluding hydrogens is 1800 g/mol. The molecule has 0 spiro atoms. The Bertz CT molecular complexity index is 6230. The van der Waals surface area contributed by atoms with Gasteiger partial charge in [0.2, 0.25) is 0 Å². The van der Waals surface area contributed by atoms with E-state index in [-0.39, 0.29) is 0 Å². The fourth-order valence-electron chi connectivity index (χ4n) is 21.3. The van der Waals surface area contributed by atoms with E-state index in [2.05, 4.69) is 294 Å². The molecule has 10 rings (SSSR count). The summed E-state index contributed by atoms with van der Waals surface area (Å²) in [5, 5.41) is 14.5. The van der Waals surface area contributed by atoms with Gasteiger partial charge in [-0.2, -0.15) is 0 Å². The monoisotopic (exact) mass is 1990 g/mol. The molecular formula is C150H184. The molecule has 0 aromatic heterocycles. The van der Waals surface area contributed by atoms with Crippen LogP contribution in [0.5, 0.6) is 0 Å². The third-order valence-electron chi connectivity index (χ3n) is 30.6. The molecule has 0 fully saturated rings. The molecule has 0 amide bonds. The lowest BCUT2D eigenvalue weighted by Crippen LogP contribution is -2.21.